The zero-order chi connectivity index (χ0) is 13.7. The van der Waals surface area contributed by atoms with E-state index in [0.29, 0.717) is 31.2 Å². The van der Waals surface area contributed by atoms with E-state index in [-0.39, 0.29) is 0 Å². The zero-order valence-corrected chi connectivity index (χ0v) is 10.7. The van der Waals surface area contributed by atoms with E-state index in [1.54, 1.807) is 0 Å². The molecule has 1 saturated carbocycles. The zero-order valence-electron chi connectivity index (χ0n) is 10.7. The van der Waals surface area contributed by atoms with E-state index in [9.17, 15) is 13.9 Å². The number of nitrogens with one attached hydrogen (secondary N) is 1. The van der Waals surface area contributed by atoms with Crippen LogP contribution in [0.1, 0.15) is 18.4 Å². The molecule has 1 unspecified atom stereocenters. The Labute approximate surface area is 111 Å². The van der Waals surface area contributed by atoms with Crippen molar-refractivity contribution < 1.29 is 18.6 Å². The maximum absolute atomic E-state index is 12.9. The summed E-state index contributed by atoms with van der Waals surface area (Å²) in [4.78, 5) is 0. The Kier molecular flexibility index (Phi) is 5.24. The Morgan fingerprint density at radius 3 is 2.79 bits per heavy atom. The normalized spacial score (nSPS) is 16.6. The molecule has 1 aliphatic carbocycles. The summed E-state index contributed by atoms with van der Waals surface area (Å²) in [6.07, 6.45) is 1.87. The monoisotopic (exact) mass is 271 g/mol. The molecule has 1 aliphatic rings. The molecule has 0 amide bonds. The molecular formula is C14H19F2NO2. The van der Waals surface area contributed by atoms with Crippen molar-refractivity contribution in [1.82, 2.24) is 5.32 Å². The number of hydrogen-bond donors (Lipinski definition) is 2. The first kappa shape index (κ1) is 14.4. The molecule has 3 nitrogen and oxygen atoms in total. The number of benzene rings is 1. The summed E-state index contributed by atoms with van der Waals surface area (Å²) in [6.45, 7) is 1.78. The third kappa shape index (κ3) is 5.22. The van der Waals surface area contributed by atoms with Gasteiger partial charge in [0.1, 0.15) is 0 Å². The summed E-state index contributed by atoms with van der Waals surface area (Å²) >= 11 is 0. The SMILES string of the molecule is OC(CNCc1ccc(F)c(F)c1)COCC1CC1. The smallest absolute Gasteiger partial charge is 0.159 e. The summed E-state index contributed by atoms with van der Waals surface area (Å²) in [5.41, 5.74) is 0.644. The number of hydrogen-bond acceptors (Lipinski definition) is 3. The van der Waals surface area contributed by atoms with Gasteiger partial charge in [0.05, 0.1) is 12.7 Å². The predicted octanol–water partition coefficient (Wildman–Crippen LogP) is 1.84. The Morgan fingerprint density at radius 1 is 1.32 bits per heavy atom. The van der Waals surface area contributed by atoms with E-state index >= 15 is 0 Å². The van der Waals surface area contributed by atoms with Crippen LogP contribution in [0.15, 0.2) is 18.2 Å². The lowest BCUT2D eigenvalue weighted by atomic mass is 10.2. The Hall–Kier alpha value is -1.04. The molecule has 1 fully saturated rings. The van der Waals surface area contributed by atoms with Crippen LogP contribution < -0.4 is 5.32 Å². The van der Waals surface area contributed by atoms with Gasteiger partial charge in [-0.25, -0.2) is 8.78 Å². The van der Waals surface area contributed by atoms with Gasteiger partial charge in [0.25, 0.3) is 0 Å². The molecule has 0 spiro atoms. The molecule has 5 heteroatoms. The molecule has 0 aromatic heterocycles. The van der Waals surface area contributed by atoms with Gasteiger partial charge in [0.15, 0.2) is 11.6 Å². The van der Waals surface area contributed by atoms with Crippen molar-refractivity contribution in [1.29, 1.82) is 0 Å². The minimum Gasteiger partial charge on any atom is -0.389 e. The van der Waals surface area contributed by atoms with E-state index in [4.69, 9.17) is 4.74 Å². The molecule has 2 N–H and O–H groups in total. The molecule has 19 heavy (non-hydrogen) atoms. The quantitative estimate of drug-likeness (QED) is 0.758. The minimum atomic E-state index is -0.854. The van der Waals surface area contributed by atoms with Gasteiger partial charge < -0.3 is 15.2 Å². The van der Waals surface area contributed by atoms with Gasteiger partial charge in [-0.2, -0.15) is 0 Å². The van der Waals surface area contributed by atoms with Gasteiger partial charge in [0.2, 0.25) is 0 Å². The average molecular weight is 271 g/mol. The number of ether oxygens (including phenoxy) is 1. The topological polar surface area (TPSA) is 41.5 Å². The summed E-state index contributed by atoms with van der Waals surface area (Å²) < 4.78 is 31.0. The molecular weight excluding hydrogens is 252 g/mol. The maximum Gasteiger partial charge on any atom is 0.159 e. The fraction of sp³-hybridized carbons (Fsp3) is 0.571. The lowest BCUT2D eigenvalue weighted by Crippen LogP contribution is -2.30. The van der Waals surface area contributed by atoms with Gasteiger partial charge in [0, 0.05) is 19.7 Å². The summed E-state index contributed by atoms with van der Waals surface area (Å²) in [6, 6.07) is 3.77. The first-order valence-electron chi connectivity index (χ1n) is 6.55. The molecule has 0 bridgehead atoms. The highest BCUT2D eigenvalue weighted by molar-refractivity contribution is 5.17. The largest absolute Gasteiger partial charge is 0.389 e. The van der Waals surface area contributed by atoms with E-state index in [1.165, 1.54) is 18.9 Å². The van der Waals surface area contributed by atoms with Crippen LogP contribution in [0.25, 0.3) is 0 Å². The van der Waals surface area contributed by atoms with Gasteiger partial charge in [-0.15, -0.1) is 0 Å². The molecule has 2 rings (SSSR count). The predicted molar refractivity (Wildman–Crippen MR) is 67.6 cm³/mol. The van der Waals surface area contributed by atoms with Gasteiger partial charge in [-0.1, -0.05) is 6.07 Å². The van der Waals surface area contributed by atoms with E-state index < -0.39 is 17.7 Å². The second-order valence-electron chi connectivity index (χ2n) is 5.01. The molecule has 0 saturated heterocycles. The first-order chi connectivity index (χ1) is 9.15. The van der Waals surface area contributed by atoms with Crippen LogP contribution >= 0.6 is 0 Å². The summed E-state index contributed by atoms with van der Waals surface area (Å²) in [5, 5.41) is 12.6. The highest BCUT2D eigenvalue weighted by atomic mass is 19.2. The van der Waals surface area contributed by atoms with Crippen molar-refractivity contribution in [2.45, 2.75) is 25.5 Å². The maximum atomic E-state index is 12.9. The second kappa shape index (κ2) is 6.93. The van der Waals surface area contributed by atoms with Crippen molar-refractivity contribution >= 4 is 0 Å². The lowest BCUT2D eigenvalue weighted by Gasteiger charge is -2.12. The van der Waals surface area contributed by atoms with Gasteiger partial charge in [-0.3, -0.25) is 0 Å². The van der Waals surface area contributed by atoms with Crippen molar-refractivity contribution in [3.8, 4) is 0 Å². The van der Waals surface area contributed by atoms with Crippen LogP contribution in [0, 0.1) is 17.6 Å². The third-order valence-corrected chi connectivity index (χ3v) is 3.05. The summed E-state index contributed by atoms with van der Waals surface area (Å²) in [7, 11) is 0. The van der Waals surface area contributed by atoms with Gasteiger partial charge in [-0.05, 0) is 36.5 Å². The molecule has 0 aliphatic heterocycles. The number of rotatable bonds is 8. The molecule has 0 heterocycles. The van der Waals surface area contributed by atoms with E-state index in [2.05, 4.69) is 5.32 Å². The Balaban J connectivity index is 1.60. The fourth-order valence-corrected chi connectivity index (χ4v) is 1.75. The van der Waals surface area contributed by atoms with Crippen molar-refractivity contribution in [3.05, 3.63) is 35.4 Å². The molecule has 1 atom stereocenters. The van der Waals surface area contributed by atoms with Crippen molar-refractivity contribution in [3.63, 3.8) is 0 Å². The fourth-order valence-electron chi connectivity index (χ4n) is 1.75. The van der Waals surface area contributed by atoms with Crippen molar-refractivity contribution in [2.24, 2.45) is 5.92 Å². The molecule has 1 aromatic carbocycles. The number of aliphatic hydroxyl groups is 1. The second-order valence-corrected chi connectivity index (χ2v) is 5.01. The standard InChI is InChI=1S/C14H19F2NO2/c15-13-4-3-11(5-14(13)16)6-17-7-12(18)9-19-8-10-1-2-10/h3-5,10,12,17-18H,1-2,6-9H2. The third-order valence-electron chi connectivity index (χ3n) is 3.05. The first-order valence-corrected chi connectivity index (χ1v) is 6.55. The minimum absolute atomic E-state index is 0.307. The van der Waals surface area contributed by atoms with Gasteiger partial charge >= 0.3 is 0 Å². The molecule has 0 radical (unpaired) electrons. The highest BCUT2D eigenvalue weighted by Crippen LogP contribution is 2.28. The highest BCUT2D eigenvalue weighted by Gasteiger charge is 2.21. The van der Waals surface area contributed by atoms with Crippen LogP contribution in [-0.2, 0) is 11.3 Å². The number of halogens is 2. The Morgan fingerprint density at radius 2 is 2.11 bits per heavy atom. The average Bonchev–Trinajstić information content (AvgIpc) is 3.18. The number of aliphatic hydroxyl groups excluding tert-OH is 1. The van der Waals surface area contributed by atoms with E-state index in [1.807, 2.05) is 0 Å². The van der Waals surface area contributed by atoms with Crippen molar-refractivity contribution in [2.75, 3.05) is 19.8 Å². The van der Waals surface area contributed by atoms with Crippen LogP contribution in [-0.4, -0.2) is 31.0 Å². The van der Waals surface area contributed by atoms with E-state index in [0.717, 1.165) is 18.7 Å². The lowest BCUT2D eigenvalue weighted by molar-refractivity contribution is 0.0324. The van der Waals surface area contributed by atoms with Crippen LogP contribution in [0.2, 0.25) is 0 Å². The van der Waals surface area contributed by atoms with Crippen LogP contribution in [0.4, 0.5) is 8.78 Å². The molecule has 106 valence electrons. The Bertz CT molecular complexity index is 410. The van der Waals surface area contributed by atoms with Crippen LogP contribution in [0.5, 0.6) is 0 Å². The summed E-state index contributed by atoms with van der Waals surface area (Å²) in [5.74, 6) is -1.02. The van der Waals surface area contributed by atoms with Crippen LogP contribution in [0.3, 0.4) is 0 Å². The molecule has 1 aromatic rings.